The molecule has 0 saturated carbocycles. The zero-order valence-electron chi connectivity index (χ0n) is 17.6. The summed E-state index contributed by atoms with van der Waals surface area (Å²) in [6.07, 6.45) is 7.00. The molecule has 3 nitrogen and oxygen atoms in total. The zero-order chi connectivity index (χ0) is 18.9. The van der Waals surface area contributed by atoms with Crippen molar-refractivity contribution in [2.24, 2.45) is 46.8 Å². The molecule has 0 rings (SSSR count). The molecule has 3 heteroatoms. The van der Waals surface area contributed by atoms with Crippen molar-refractivity contribution in [3.8, 4) is 0 Å². The van der Waals surface area contributed by atoms with Gasteiger partial charge >= 0.3 is 0 Å². The molecule has 0 bridgehead atoms. The van der Waals surface area contributed by atoms with Crippen LogP contribution >= 0.6 is 0 Å². The van der Waals surface area contributed by atoms with Gasteiger partial charge in [-0.15, -0.1) is 0 Å². The Kier molecular flexibility index (Phi) is 11.4. The van der Waals surface area contributed by atoms with Gasteiger partial charge in [0, 0.05) is 11.6 Å². The van der Waals surface area contributed by atoms with Crippen LogP contribution in [-0.2, 0) is 0 Å². The predicted octanol–water partition coefficient (Wildman–Crippen LogP) is 4.53. The van der Waals surface area contributed by atoms with Crippen LogP contribution in [0.1, 0.15) is 87.0 Å². The summed E-state index contributed by atoms with van der Waals surface area (Å²) in [5, 5.41) is 0. The fraction of sp³-hybridized carbons (Fsp3) is 1.00. The molecule has 0 aliphatic heterocycles. The van der Waals surface area contributed by atoms with E-state index in [0.29, 0.717) is 35.6 Å². The molecule has 0 heterocycles. The Balaban J connectivity index is 4.24. The SMILES string of the molecule is CCC(C)(N)C(C)CCCC(CN)C(C)CCC(N)C(C)C(C)C. The maximum Gasteiger partial charge on any atom is 0.0149 e. The van der Waals surface area contributed by atoms with E-state index in [-0.39, 0.29) is 5.54 Å². The monoisotopic (exact) mass is 341 g/mol. The fourth-order valence-corrected chi connectivity index (χ4v) is 3.45. The molecule has 0 amide bonds. The molecule has 6 N–H and O–H groups in total. The first kappa shape index (κ1) is 23.9. The molecule has 0 fully saturated rings. The van der Waals surface area contributed by atoms with Gasteiger partial charge in [-0.2, -0.15) is 0 Å². The summed E-state index contributed by atoms with van der Waals surface area (Å²) >= 11 is 0. The van der Waals surface area contributed by atoms with Crippen LogP contribution < -0.4 is 17.2 Å². The van der Waals surface area contributed by atoms with E-state index in [4.69, 9.17) is 17.2 Å². The zero-order valence-corrected chi connectivity index (χ0v) is 17.6. The Hall–Kier alpha value is -0.120. The van der Waals surface area contributed by atoms with Crippen molar-refractivity contribution in [2.75, 3.05) is 6.54 Å². The molecule has 24 heavy (non-hydrogen) atoms. The average molecular weight is 342 g/mol. The van der Waals surface area contributed by atoms with Crippen molar-refractivity contribution in [1.29, 1.82) is 0 Å². The van der Waals surface area contributed by atoms with Crippen LogP contribution in [0.2, 0.25) is 0 Å². The van der Waals surface area contributed by atoms with E-state index in [9.17, 15) is 0 Å². The minimum atomic E-state index is -0.0381. The summed E-state index contributed by atoms with van der Waals surface area (Å²) in [5.74, 6) is 3.09. The van der Waals surface area contributed by atoms with E-state index in [1.54, 1.807) is 0 Å². The highest BCUT2D eigenvalue weighted by molar-refractivity contribution is 4.83. The van der Waals surface area contributed by atoms with Crippen LogP contribution in [0.5, 0.6) is 0 Å². The summed E-state index contributed by atoms with van der Waals surface area (Å²) in [4.78, 5) is 0. The number of rotatable bonds is 13. The van der Waals surface area contributed by atoms with Crippen LogP contribution in [-0.4, -0.2) is 18.1 Å². The van der Waals surface area contributed by atoms with Crippen molar-refractivity contribution in [2.45, 2.75) is 98.6 Å². The molecule has 0 aromatic rings. The number of hydrogen-bond acceptors (Lipinski definition) is 3. The van der Waals surface area contributed by atoms with Crippen LogP contribution in [0, 0.1) is 29.6 Å². The molecule has 0 saturated heterocycles. The first-order valence-corrected chi connectivity index (χ1v) is 10.3. The summed E-state index contributed by atoms with van der Waals surface area (Å²) in [5.41, 5.74) is 18.8. The van der Waals surface area contributed by atoms with Crippen molar-refractivity contribution in [3.63, 3.8) is 0 Å². The minimum absolute atomic E-state index is 0.0381. The Labute approximate surface area is 152 Å². The molecule has 6 atom stereocenters. The fourth-order valence-electron chi connectivity index (χ4n) is 3.45. The first-order valence-electron chi connectivity index (χ1n) is 10.3. The molecule has 6 unspecified atom stereocenters. The second-order valence-corrected chi connectivity index (χ2v) is 9.01. The van der Waals surface area contributed by atoms with Crippen LogP contribution in [0.4, 0.5) is 0 Å². The van der Waals surface area contributed by atoms with Gasteiger partial charge in [0.05, 0.1) is 0 Å². The molecule has 0 aliphatic rings. The molecule has 0 aromatic heterocycles. The summed E-state index contributed by atoms with van der Waals surface area (Å²) in [6, 6.07) is 0.313. The van der Waals surface area contributed by atoms with Gasteiger partial charge in [-0.1, -0.05) is 48.0 Å². The molecule has 0 spiro atoms. The smallest absolute Gasteiger partial charge is 0.0149 e. The Morgan fingerprint density at radius 1 is 0.917 bits per heavy atom. The molecular weight excluding hydrogens is 294 g/mol. The van der Waals surface area contributed by atoms with Gasteiger partial charge in [-0.05, 0) is 75.2 Å². The Morgan fingerprint density at radius 3 is 1.96 bits per heavy atom. The lowest BCUT2D eigenvalue weighted by Crippen LogP contribution is -2.42. The number of hydrogen-bond donors (Lipinski definition) is 3. The van der Waals surface area contributed by atoms with Gasteiger partial charge in [0.25, 0.3) is 0 Å². The normalized spacial score (nSPS) is 21.1. The highest BCUT2D eigenvalue weighted by atomic mass is 14.7. The Bertz CT molecular complexity index is 314. The van der Waals surface area contributed by atoms with Crippen molar-refractivity contribution in [3.05, 3.63) is 0 Å². The third-order valence-electron chi connectivity index (χ3n) is 6.89. The predicted molar refractivity (Wildman–Crippen MR) is 109 cm³/mol. The van der Waals surface area contributed by atoms with Crippen molar-refractivity contribution >= 4 is 0 Å². The van der Waals surface area contributed by atoms with E-state index in [0.717, 1.165) is 19.4 Å². The topological polar surface area (TPSA) is 78.1 Å². The van der Waals surface area contributed by atoms with E-state index in [2.05, 4.69) is 48.5 Å². The largest absolute Gasteiger partial charge is 0.330 e. The van der Waals surface area contributed by atoms with E-state index >= 15 is 0 Å². The van der Waals surface area contributed by atoms with Gasteiger partial charge in [0.15, 0.2) is 0 Å². The minimum Gasteiger partial charge on any atom is -0.330 e. The lowest BCUT2D eigenvalue weighted by atomic mass is 9.79. The Morgan fingerprint density at radius 2 is 1.50 bits per heavy atom. The number of nitrogens with two attached hydrogens (primary N) is 3. The van der Waals surface area contributed by atoms with Crippen LogP contribution in [0.25, 0.3) is 0 Å². The van der Waals surface area contributed by atoms with Crippen molar-refractivity contribution < 1.29 is 0 Å². The molecular formula is C21H47N3. The second kappa shape index (κ2) is 11.5. The third kappa shape index (κ3) is 8.31. The van der Waals surface area contributed by atoms with Gasteiger partial charge in [0.2, 0.25) is 0 Å². The summed E-state index contributed by atoms with van der Waals surface area (Å²) in [6.45, 7) is 16.6. The van der Waals surface area contributed by atoms with Gasteiger partial charge in [0.1, 0.15) is 0 Å². The van der Waals surface area contributed by atoms with E-state index in [1.165, 1.54) is 25.7 Å². The standard InChI is InChI=1S/C21H47N3/c1-8-21(7,24)17(5)10-9-11-19(14-22)16(4)12-13-20(23)18(6)15(2)3/h15-20H,8-14,22-24H2,1-7H3. The third-order valence-corrected chi connectivity index (χ3v) is 6.89. The maximum atomic E-state index is 6.37. The quantitative estimate of drug-likeness (QED) is 0.460. The maximum absolute atomic E-state index is 6.37. The van der Waals surface area contributed by atoms with Crippen LogP contribution in [0.15, 0.2) is 0 Å². The van der Waals surface area contributed by atoms with Gasteiger partial charge in [-0.25, -0.2) is 0 Å². The lowest BCUT2D eigenvalue weighted by molar-refractivity contribution is 0.249. The van der Waals surface area contributed by atoms with E-state index in [1.807, 2.05) is 0 Å². The van der Waals surface area contributed by atoms with Crippen LogP contribution in [0.3, 0.4) is 0 Å². The van der Waals surface area contributed by atoms with Gasteiger partial charge < -0.3 is 17.2 Å². The summed E-state index contributed by atoms with van der Waals surface area (Å²) in [7, 11) is 0. The molecule has 0 aromatic carbocycles. The van der Waals surface area contributed by atoms with E-state index < -0.39 is 0 Å². The highest BCUT2D eigenvalue weighted by Crippen LogP contribution is 2.28. The highest BCUT2D eigenvalue weighted by Gasteiger charge is 2.25. The molecule has 146 valence electrons. The molecule has 0 aliphatic carbocycles. The summed E-state index contributed by atoms with van der Waals surface area (Å²) < 4.78 is 0. The average Bonchev–Trinajstić information content (AvgIpc) is 2.54. The molecule has 0 radical (unpaired) electrons. The van der Waals surface area contributed by atoms with Crippen molar-refractivity contribution in [1.82, 2.24) is 0 Å². The second-order valence-electron chi connectivity index (χ2n) is 9.01. The van der Waals surface area contributed by atoms with Gasteiger partial charge in [-0.3, -0.25) is 0 Å². The first-order chi connectivity index (χ1) is 11.1. The lowest BCUT2D eigenvalue weighted by Gasteiger charge is -2.31.